The fourth-order valence-electron chi connectivity index (χ4n) is 3.77. The van der Waals surface area contributed by atoms with E-state index in [1.54, 1.807) is 6.08 Å². The van der Waals surface area contributed by atoms with Gasteiger partial charge in [-0.05, 0) is 48.5 Å². The third-order valence-electron chi connectivity index (χ3n) is 5.19. The van der Waals surface area contributed by atoms with Crippen LogP contribution in [0, 0.1) is 23.5 Å². The summed E-state index contributed by atoms with van der Waals surface area (Å²) in [5.74, 6) is -1.18. The Labute approximate surface area is 162 Å². The average molecular weight is 386 g/mol. The molecule has 0 saturated heterocycles. The quantitative estimate of drug-likeness (QED) is 0.743. The number of aromatic nitrogens is 3. The van der Waals surface area contributed by atoms with Crippen LogP contribution in [0.1, 0.15) is 43.9 Å². The minimum atomic E-state index is -0.714. The molecule has 0 spiro atoms. The second-order valence-corrected chi connectivity index (χ2v) is 7.33. The van der Waals surface area contributed by atoms with Gasteiger partial charge in [0.25, 0.3) is 0 Å². The summed E-state index contributed by atoms with van der Waals surface area (Å²) in [5.41, 5.74) is 19.9. The lowest BCUT2D eigenvalue weighted by Crippen LogP contribution is -2.27. The molecule has 1 aromatic carbocycles. The number of hydrogen-bond donors (Lipinski definition) is 3. The second-order valence-electron chi connectivity index (χ2n) is 7.33. The Morgan fingerprint density at radius 2 is 1.86 bits per heavy atom. The van der Waals surface area contributed by atoms with Gasteiger partial charge in [0.05, 0.1) is 17.5 Å². The molecule has 2 atom stereocenters. The van der Waals surface area contributed by atoms with Crippen molar-refractivity contribution < 1.29 is 8.78 Å². The SMILES string of the molecule is CC(C)C1CCC(c2cnnc(N)n2)C(N)=C1/C=C(\N)c1c(F)cccc1F. The first kappa shape index (κ1) is 19.7. The minimum Gasteiger partial charge on any atom is -0.401 e. The lowest BCUT2D eigenvalue weighted by Gasteiger charge is -2.33. The largest absolute Gasteiger partial charge is 0.401 e. The van der Waals surface area contributed by atoms with Crippen molar-refractivity contribution >= 4 is 11.6 Å². The average Bonchev–Trinajstić information content (AvgIpc) is 2.63. The zero-order chi connectivity index (χ0) is 20.4. The molecule has 1 aliphatic rings. The molecule has 0 amide bonds. The van der Waals surface area contributed by atoms with Crippen LogP contribution in [0.4, 0.5) is 14.7 Å². The number of nitrogens with two attached hydrogens (primary N) is 3. The van der Waals surface area contributed by atoms with Gasteiger partial charge in [-0.2, -0.15) is 5.10 Å². The maximum absolute atomic E-state index is 14.1. The van der Waals surface area contributed by atoms with Crippen LogP contribution in [0.2, 0.25) is 0 Å². The molecule has 0 bridgehead atoms. The summed E-state index contributed by atoms with van der Waals surface area (Å²) < 4.78 is 28.3. The standard InChI is InChI=1S/C20H24F2N6/c1-10(2)11-6-7-12(17-9-26-28-20(25)27-17)19(24)13(11)8-16(23)18-14(21)4-3-5-15(18)22/h3-5,8-12H,6-7,23-24H2,1-2H3,(H2,25,27,28)/b16-8-. The first-order valence-electron chi connectivity index (χ1n) is 9.15. The number of rotatable bonds is 4. The number of nitrogens with zero attached hydrogens (tertiary/aromatic N) is 3. The number of anilines is 1. The minimum absolute atomic E-state index is 0.000163. The predicted molar refractivity (Wildman–Crippen MR) is 104 cm³/mol. The van der Waals surface area contributed by atoms with Crippen LogP contribution in [0.3, 0.4) is 0 Å². The normalized spacial score (nSPS) is 20.7. The molecule has 3 rings (SSSR count). The van der Waals surface area contributed by atoms with Gasteiger partial charge in [0.15, 0.2) is 0 Å². The van der Waals surface area contributed by atoms with Crippen LogP contribution in [0.5, 0.6) is 0 Å². The summed E-state index contributed by atoms with van der Waals surface area (Å²) in [6.45, 7) is 4.16. The molecular formula is C20H24F2N6. The highest BCUT2D eigenvalue weighted by atomic mass is 19.1. The number of nitrogen functional groups attached to an aromatic ring is 1. The Kier molecular flexibility index (Phi) is 5.58. The van der Waals surface area contributed by atoms with Crippen LogP contribution in [-0.4, -0.2) is 15.2 Å². The van der Waals surface area contributed by atoms with E-state index in [0.717, 1.165) is 18.4 Å². The van der Waals surface area contributed by atoms with Crippen LogP contribution in [-0.2, 0) is 0 Å². The molecular weight excluding hydrogens is 362 g/mol. The molecule has 1 aromatic heterocycles. The number of hydrogen-bond acceptors (Lipinski definition) is 6. The van der Waals surface area contributed by atoms with E-state index >= 15 is 0 Å². The van der Waals surface area contributed by atoms with Gasteiger partial charge in [-0.3, -0.25) is 0 Å². The Bertz CT molecular complexity index is 918. The summed E-state index contributed by atoms with van der Waals surface area (Å²) in [6, 6.07) is 3.65. The molecule has 6 N–H and O–H groups in total. The molecule has 148 valence electrons. The molecule has 28 heavy (non-hydrogen) atoms. The Balaban J connectivity index is 2.10. The molecule has 8 heteroatoms. The molecule has 1 heterocycles. The van der Waals surface area contributed by atoms with Gasteiger partial charge in [-0.15, -0.1) is 5.10 Å². The Morgan fingerprint density at radius 1 is 1.18 bits per heavy atom. The topological polar surface area (TPSA) is 117 Å². The molecule has 1 aliphatic carbocycles. The highest BCUT2D eigenvalue weighted by Crippen LogP contribution is 2.41. The van der Waals surface area contributed by atoms with Gasteiger partial charge in [-0.25, -0.2) is 13.8 Å². The van der Waals surface area contributed by atoms with Crippen molar-refractivity contribution in [1.29, 1.82) is 0 Å². The summed E-state index contributed by atoms with van der Waals surface area (Å²) in [5, 5.41) is 7.52. The van der Waals surface area contributed by atoms with Crippen LogP contribution in [0.15, 0.2) is 41.7 Å². The maximum Gasteiger partial charge on any atom is 0.240 e. The fourth-order valence-corrected chi connectivity index (χ4v) is 3.77. The second kappa shape index (κ2) is 7.92. The van der Waals surface area contributed by atoms with Gasteiger partial charge in [0, 0.05) is 17.3 Å². The molecule has 0 saturated carbocycles. The zero-order valence-corrected chi connectivity index (χ0v) is 15.9. The van der Waals surface area contributed by atoms with E-state index in [0.29, 0.717) is 11.4 Å². The van der Waals surface area contributed by atoms with Crippen LogP contribution < -0.4 is 17.2 Å². The first-order valence-corrected chi connectivity index (χ1v) is 9.15. The molecule has 6 nitrogen and oxygen atoms in total. The highest BCUT2D eigenvalue weighted by molar-refractivity contribution is 5.67. The van der Waals surface area contributed by atoms with E-state index in [1.165, 1.54) is 24.4 Å². The summed E-state index contributed by atoms with van der Waals surface area (Å²) >= 11 is 0. The molecule has 0 fully saturated rings. The maximum atomic E-state index is 14.1. The fraction of sp³-hybridized carbons (Fsp3) is 0.350. The van der Waals surface area contributed by atoms with E-state index in [4.69, 9.17) is 17.2 Å². The van der Waals surface area contributed by atoms with Crippen molar-refractivity contribution in [2.24, 2.45) is 23.3 Å². The number of halogens is 2. The third-order valence-corrected chi connectivity index (χ3v) is 5.19. The van der Waals surface area contributed by atoms with Crippen molar-refractivity contribution in [2.45, 2.75) is 32.6 Å². The Hall–Kier alpha value is -3.03. The van der Waals surface area contributed by atoms with Crippen molar-refractivity contribution in [2.75, 3.05) is 5.73 Å². The molecule has 0 radical (unpaired) electrons. The van der Waals surface area contributed by atoms with Crippen molar-refractivity contribution in [1.82, 2.24) is 15.2 Å². The van der Waals surface area contributed by atoms with E-state index in [9.17, 15) is 8.78 Å². The summed E-state index contributed by atoms with van der Waals surface area (Å²) in [6.07, 6.45) is 4.71. The lowest BCUT2D eigenvalue weighted by molar-refractivity contribution is 0.372. The van der Waals surface area contributed by atoms with Gasteiger partial charge in [0.1, 0.15) is 11.6 Å². The lowest BCUT2D eigenvalue weighted by atomic mass is 9.73. The third kappa shape index (κ3) is 3.81. The summed E-state index contributed by atoms with van der Waals surface area (Å²) in [7, 11) is 0. The monoisotopic (exact) mass is 386 g/mol. The summed E-state index contributed by atoms with van der Waals surface area (Å²) in [4.78, 5) is 4.24. The van der Waals surface area contributed by atoms with Crippen LogP contribution in [0.25, 0.3) is 5.70 Å². The zero-order valence-electron chi connectivity index (χ0n) is 15.9. The van der Waals surface area contributed by atoms with E-state index in [2.05, 4.69) is 29.0 Å². The van der Waals surface area contributed by atoms with Gasteiger partial charge in [-0.1, -0.05) is 19.9 Å². The number of allylic oxidation sites excluding steroid dienone is 3. The first-order chi connectivity index (χ1) is 13.3. The van der Waals surface area contributed by atoms with E-state index < -0.39 is 11.6 Å². The van der Waals surface area contributed by atoms with Gasteiger partial charge < -0.3 is 17.2 Å². The van der Waals surface area contributed by atoms with Crippen LogP contribution >= 0.6 is 0 Å². The van der Waals surface area contributed by atoms with Gasteiger partial charge >= 0.3 is 0 Å². The highest BCUT2D eigenvalue weighted by Gasteiger charge is 2.31. The molecule has 2 unspecified atom stereocenters. The van der Waals surface area contributed by atoms with Crippen molar-refractivity contribution in [3.8, 4) is 0 Å². The van der Waals surface area contributed by atoms with Gasteiger partial charge in [0.2, 0.25) is 5.95 Å². The number of benzene rings is 1. The predicted octanol–water partition coefficient (Wildman–Crippen LogP) is 3.09. The molecule has 2 aromatic rings. The van der Waals surface area contributed by atoms with E-state index in [-0.39, 0.29) is 35.0 Å². The van der Waals surface area contributed by atoms with E-state index in [1.807, 2.05) is 0 Å². The smallest absolute Gasteiger partial charge is 0.240 e. The Morgan fingerprint density at radius 3 is 2.46 bits per heavy atom. The molecule has 0 aliphatic heterocycles. The van der Waals surface area contributed by atoms with Crippen molar-refractivity contribution in [3.63, 3.8) is 0 Å². The van der Waals surface area contributed by atoms with Crippen molar-refractivity contribution in [3.05, 3.63) is 64.6 Å².